The summed E-state index contributed by atoms with van der Waals surface area (Å²) in [6, 6.07) is 6.09. The molecule has 0 saturated carbocycles. The van der Waals surface area contributed by atoms with E-state index in [2.05, 4.69) is 15.5 Å². The number of carbonyl (C=O) groups excluding carboxylic acids is 2. The molecule has 8 nitrogen and oxygen atoms in total. The van der Waals surface area contributed by atoms with Gasteiger partial charge in [0.2, 0.25) is 5.60 Å². The Labute approximate surface area is 219 Å². The number of benzene rings is 2. The largest absolute Gasteiger partial charge is 0.373 e. The number of hydrogen-bond acceptors (Lipinski definition) is 5. The lowest BCUT2D eigenvalue weighted by Gasteiger charge is -2.23. The first kappa shape index (κ1) is 28.2. The number of H-pyrrole nitrogens is 1. The Bertz CT molecular complexity index is 1330. The average molecular weight is 553 g/mol. The van der Waals surface area contributed by atoms with Gasteiger partial charge in [-0.25, -0.2) is 22.0 Å². The van der Waals surface area contributed by atoms with Gasteiger partial charge in [0.1, 0.15) is 23.3 Å². The van der Waals surface area contributed by atoms with Crippen molar-refractivity contribution in [2.75, 3.05) is 18.1 Å². The quantitative estimate of drug-likeness (QED) is 0.254. The van der Waals surface area contributed by atoms with Crippen LogP contribution in [0.5, 0.6) is 0 Å². The van der Waals surface area contributed by atoms with Gasteiger partial charge in [0.25, 0.3) is 11.8 Å². The first-order chi connectivity index (χ1) is 18.6. The summed E-state index contributed by atoms with van der Waals surface area (Å²) in [7, 11) is 0. The third-order valence-electron chi connectivity index (χ3n) is 6.44. The molecular formula is C26H25F5N4O4. The lowest BCUT2D eigenvalue weighted by Crippen LogP contribution is -2.52. The highest BCUT2D eigenvalue weighted by atomic mass is 19.2. The number of hydrogen-bond donors (Lipinski definition) is 3. The molecule has 2 unspecified atom stereocenters. The number of carbonyl (C=O) groups is 2. The van der Waals surface area contributed by atoms with Crippen LogP contribution in [0.4, 0.5) is 27.8 Å². The molecule has 2 amide bonds. The van der Waals surface area contributed by atoms with Crippen LogP contribution in [0.25, 0.3) is 0 Å². The fourth-order valence-corrected chi connectivity index (χ4v) is 4.35. The Hall–Kier alpha value is -3.84. The minimum Gasteiger partial charge on any atom is -0.373 e. The fraction of sp³-hybridized carbons (Fsp3) is 0.346. The highest BCUT2D eigenvalue weighted by Crippen LogP contribution is 2.30. The summed E-state index contributed by atoms with van der Waals surface area (Å²) < 4.78 is 71.5. The zero-order chi connectivity index (χ0) is 28.2. The summed E-state index contributed by atoms with van der Waals surface area (Å²) >= 11 is 0. The van der Waals surface area contributed by atoms with E-state index in [9.17, 15) is 36.6 Å². The van der Waals surface area contributed by atoms with Gasteiger partial charge in [-0.15, -0.1) is 0 Å². The van der Waals surface area contributed by atoms with E-state index in [0.717, 1.165) is 42.4 Å². The molecule has 2 atom stereocenters. The van der Waals surface area contributed by atoms with Crippen LogP contribution in [-0.2, 0) is 20.9 Å². The molecule has 5 rings (SSSR count). The molecule has 3 aromatic rings. The second-order valence-electron chi connectivity index (χ2n) is 9.07. The molecule has 2 aliphatic heterocycles. The Morgan fingerprint density at radius 3 is 2.59 bits per heavy atom. The molecule has 208 valence electrons. The Balaban J connectivity index is 0.000000212. The fourth-order valence-electron chi connectivity index (χ4n) is 4.35. The van der Waals surface area contributed by atoms with Gasteiger partial charge in [0.05, 0.1) is 12.3 Å². The molecule has 2 aliphatic rings. The molecule has 3 heterocycles. The molecule has 1 aromatic heterocycles. The minimum absolute atomic E-state index is 0.0634. The zero-order valence-electron chi connectivity index (χ0n) is 20.5. The molecule has 39 heavy (non-hydrogen) atoms. The van der Waals surface area contributed by atoms with Crippen LogP contribution in [0.2, 0.25) is 0 Å². The third-order valence-corrected chi connectivity index (χ3v) is 6.44. The molecule has 2 aromatic carbocycles. The van der Waals surface area contributed by atoms with Gasteiger partial charge < -0.3 is 15.2 Å². The molecule has 0 bridgehead atoms. The summed E-state index contributed by atoms with van der Waals surface area (Å²) in [4.78, 5) is 25.7. The number of nitrogens with zero attached hydrogens (tertiary/aromatic N) is 2. The number of nitrogens with one attached hydrogen (secondary N) is 2. The molecule has 13 heteroatoms. The van der Waals surface area contributed by atoms with Crippen molar-refractivity contribution in [3.63, 3.8) is 0 Å². The van der Waals surface area contributed by atoms with E-state index >= 15 is 0 Å². The van der Waals surface area contributed by atoms with E-state index in [1.807, 2.05) is 0 Å². The van der Waals surface area contributed by atoms with Gasteiger partial charge in [-0.3, -0.25) is 19.6 Å². The maximum Gasteiger partial charge on any atom is 0.270 e. The number of halogens is 5. The molecule has 3 N–H and O–H groups in total. The Kier molecular flexibility index (Phi) is 8.60. The molecule has 2 fully saturated rings. The van der Waals surface area contributed by atoms with Gasteiger partial charge in [-0.1, -0.05) is 0 Å². The van der Waals surface area contributed by atoms with Crippen molar-refractivity contribution in [1.29, 1.82) is 0 Å². The normalized spacial score (nSPS) is 20.9. The van der Waals surface area contributed by atoms with Crippen molar-refractivity contribution in [3.8, 4) is 0 Å². The molecule has 0 spiro atoms. The van der Waals surface area contributed by atoms with Crippen molar-refractivity contribution in [3.05, 3.63) is 82.8 Å². The second-order valence-corrected chi connectivity index (χ2v) is 9.07. The number of aromatic nitrogens is 2. The van der Waals surface area contributed by atoms with E-state index in [4.69, 9.17) is 4.74 Å². The SMILES string of the molecule is Fc1ccc(F)c(C2CCCCO2)c1.O=C(NCc1cc(F)cc(F)c1F)C1(O)CCN(c2ccn[nH]2)C1=O. The number of rotatable bonds is 5. The van der Waals surface area contributed by atoms with Crippen molar-refractivity contribution < 1.29 is 41.4 Å². The Morgan fingerprint density at radius 1 is 1.10 bits per heavy atom. The van der Waals surface area contributed by atoms with Crippen molar-refractivity contribution >= 4 is 17.6 Å². The van der Waals surface area contributed by atoms with Crippen molar-refractivity contribution in [2.45, 2.75) is 43.9 Å². The van der Waals surface area contributed by atoms with Gasteiger partial charge in [-0.05, 0) is 43.5 Å². The van der Waals surface area contributed by atoms with E-state index < -0.39 is 52.8 Å². The van der Waals surface area contributed by atoms with Crippen molar-refractivity contribution in [2.24, 2.45) is 0 Å². The zero-order valence-corrected chi connectivity index (χ0v) is 20.5. The molecular weight excluding hydrogens is 527 g/mol. The first-order valence-corrected chi connectivity index (χ1v) is 12.1. The average Bonchev–Trinajstić information content (AvgIpc) is 3.56. The van der Waals surface area contributed by atoms with Crippen LogP contribution >= 0.6 is 0 Å². The third kappa shape index (κ3) is 6.25. The van der Waals surface area contributed by atoms with Gasteiger partial charge in [-0.2, -0.15) is 5.10 Å². The lowest BCUT2D eigenvalue weighted by atomic mass is 10.0. The molecule has 0 radical (unpaired) electrons. The summed E-state index contributed by atoms with van der Waals surface area (Å²) in [5, 5.41) is 18.7. The van der Waals surface area contributed by atoms with Crippen LogP contribution in [0.3, 0.4) is 0 Å². The summed E-state index contributed by atoms with van der Waals surface area (Å²) in [5.41, 5.74) is -2.44. The van der Waals surface area contributed by atoms with Gasteiger partial charge in [0.15, 0.2) is 11.6 Å². The number of aliphatic hydroxyl groups is 1. The van der Waals surface area contributed by atoms with Gasteiger partial charge >= 0.3 is 0 Å². The lowest BCUT2D eigenvalue weighted by molar-refractivity contribution is -0.149. The molecule has 0 aliphatic carbocycles. The highest BCUT2D eigenvalue weighted by molar-refractivity contribution is 6.16. The van der Waals surface area contributed by atoms with E-state index in [-0.39, 0.29) is 24.9 Å². The van der Waals surface area contributed by atoms with E-state index in [1.54, 1.807) is 0 Å². The topological polar surface area (TPSA) is 108 Å². The van der Waals surface area contributed by atoms with E-state index in [0.29, 0.717) is 24.1 Å². The van der Waals surface area contributed by atoms with Crippen molar-refractivity contribution in [1.82, 2.24) is 15.5 Å². The summed E-state index contributed by atoms with van der Waals surface area (Å²) in [6.07, 6.45) is 3.74. The smallest absolute Gasteiger partial charge is 0.270 e. The van der Waals surface area contributed by atoms with Crippen LogP contribution in [0, 0.1) is 29.1 Å². The maximum atomic E-state index is 13.6. The predicted octanol–water partition coefficient (Wildman–Crippen LogP) is 3.82. The standard InChI is InChI=1S/C15H13F3N4O3.C11H12F2O/c16-9-5-8(12(18)10(17)6-9)7-19-13(23)15(25)2-4-22(14(15)24)11-1-3-20-21-11;12-8-4-5-10(13)9(7-8)11-3-1-2-6-14-11/h1,3,5-6,25H,2,4,7H2,(H,19,23)(H,20,21);4-5,7,11H,1-3,6H2. The van der Waals surface area contributed by atoms with Crippen LogP contribution in [0.15, 0.2) is 42.6 Å². The molecule has 2 saturated heterocycles. The summed E-state index contributed by atoms with van der Waals surface area (Å²) in [5.74, 6) is -6.15. The number of anilines is 1. The number of amides is 2. The van der Waals surface area contributed by atoms with Gasteiger partial charge in [0, 0.05) is 49.4 Å². The van der Waals surface area contributed by atoms with E-state index in [1.165, 1.54) is 18.3 Å². The summed E-state index contributed by atoms with van der Waals surface area (Å²) in [6.45, 7) is 0.119. The monoisotopic (exact) mass is 552 g/mol. The number of aromatic amines is 1. The van der Waals surface area contributed by atoms with Crippen LogP contribution in [0.1, 0.15) is 42.9 Å². The highest BCUT2D eigenvalue weighted by Gasteiger charge is 2.52. The van der Waals surface area contributed by atoms with Crippen LogP contribution < -0.4 is 10.2 Å². The second kappa shape index (κ2) is 11.9. The Morgan fingerprint density at radius 2 is 1.90 bits per heavy atom. The first-order valence-electron chi connectivity index (χ1n) is 12.1. The maximum absolute atomic E-state index is 13.6. The number of ether oxygens (including phenoxy) is 1. The van der Waals surface area contributed by atoms with Crippen LogP contribution in [-0.4, -0.2) is 45.9 Å². The minimum atomic E-state index is -2.35. The predicted molar refractivity (Wildman–Crippen MR) is 128 cm³/mol.